The first-order chi connectivity index (χ1) is 18.6. The number of benzene rings is 2. The highest BCUT2D eigenvalue weighted by atomic mass is 16.5. The number of anilines is 1. The van der Waals surface area contributed by atoms with Crippen LogP contribution in [0, 0.1) is 0 Å². The lowest BCUT2D eigenvalue weighted by atomic mass is 9.90. The van der Waals surface area contributed by atoms with Crippen molar-refractivity contribution in [2.75, 3.05) is 11.4 Å². The zero-order valence-corrected chi connectivity index (χ0v) is 23.0. The number of fused-ring (bicyclic) bond motifs is 1. The van der Waals surface area contributed by atoms with Crippen molar-refractivity contribution < 1.29 is 14.4 Å². The molecule has 6 heteroatoms. The van der Waals surface area contributed by atoms with Crippen LogP contribution >= 0.6 is 0 Å². The molecule has 204 valence electrons. The molecular weight excluding hydrogens is 474 g/mol. The van der Waals surface area contributed by atoms with Gasteiger partial charge in [-0.15, -0.1) is 0 Å². The molecule has 1 aliphatic carbocycles. The molecule has 2 aromatic carbocycles. The molecule has 0 aliphatic heterocycles. The first kappa shape index (κ1) is 27.9. The zero-order valence-electron chi connectivity index (χ0n) is 23.0. The molecule has 0 atom stereocenters. The summed E-state index contributed by atoms with van der Waals surface area (Å²) in [6.45, 7) is 2.77. The summed E-state index contributed by atoms with van der Waals surface area (Å²) < 4.78 is 5.54. The van der Waals surface area contributed by atoms with Gasteiger partial charge >= 0.3 is 5.97 Å². The van der Waals surface area contributed by atoms with Crippen molar-refractivity contribution in [1.82, 2.24) is 10.1 Å². The molecule has 0 saturated carbocycles. The number of unbranched alkanes of at least 4 members (excludes halogenated alkanes) is 8. The van der Waals surface area contributed by atoms with Crippen LogP contribution in [-0.2, 0) is 30.6 Å². The minimum atomic E-state index is -0.819. The summed E-state index contributed by atoms with van der Waals surface area (Å²) in [5.74, 6) is 0.496. The Balaban J connectivity index is 1.30. The van der Waals surface area contributed by atoms with E-state index in [9.17, 15) is 9.90 Å². The second-order valence-corrected chi connectivity index (χ2v) is 10.7. The molecule has 38 heavy (non-hydrogen) atoms. The maximum absolute atomic E-state index is 11.7. The van der Waals surface area contributed by atoms with Gasteiger partial charge in [0.15, 0.2) is 5.82 Å². The second-order valence-electron chi connectivity index (χ2n) is 10.7. The van der Waals surface area contributed by atoms with Gasteiger partial charge in [0.25, 0.3) is 5.89 Å². The maximum Gasteiger partial charge on any atom is 0.323 e. The minimum Gasteiger partial charge on any atom is -0.480 e. The van der Waals surface area contributed by atoms with Gasteiger partial charge in [-0.3, -0.25) is 4.79 Å². The Bertz CT molecular complexity index is 1140. The third kappa shape index (κ3) is 8.17. The van der Waals surface area contributed by atoms with Crippen molar-refractivity contribution in [3.05, 3.63) is 65.0 Å². The van der Waals surface area contributed by atoms with Gasteiger partial charge in [0, 0.05) is 24.2 Å². The molecule has 1 N–H and O–H groups in total. The summed E-state index contributed by atoms with van der Waals surface area (Å²) in [6.07, 6.45) is 17.0. The van der Waals surface area contributed by atoms with Crippen molar-refractivity contribution in [3.63, 3.8) is 0 Å². The van der Waals surface area contributed by atoms with Crippen molar-refractivity contribution in [2.45, 2.75) is 103 Å². The predicted molar refractivity (Wildman–Crippen MR) is 152 cm³/mol. The van der Waals surface area contributed by atoms with Crippen LogP contribution in [-0.4, -0.2) is 27.8 Å². The Labute approximate surface area is 227 Å². The topological polar surface area (TPSA) is 79.5 Å². The van der Waals surface area contributed by atoms with Crippen LogP contribution in [0.3, 0.4) is 0 Å². The SMILES string of the molecule is CCCCCCCCCCCc1noc(-c2ccc(CN(CC(=O)O)c3cccc4c3CCCC4)cc2)n1. The van der Waals surface area contributed by atoms with E-state index >= 15 is 0 Å². The number of hydrogen-bond donors (Lipinski definition) is 1. The standard InChI is InChI=1S/C32H43N3O3/c1-2-3-4-5-6-7-8-9-10-18-30-33-32(38-34-30)27-21-19-25(20-22-27)23-35(24-31(36)37)29-17-13-15-26-14-11-12-16-28(26)29/h13,15,17,19-22H,2-12,14,16,18,23-24H2,1H3,(H,36,37). The van der Waals surface area contributed by atoms with Gasteiger partial charge in [0.2, 0.25) is 0 Å². The van der Waals surface area contributed by atoms with E-state index in [1.165, 1.54) is 68.9 Å². The molecular formula is C32H43N3O3. The summed E-state index contributed by atoms with van der Waals surface area (Å²) in [7, 11) is 0. The molecule has 3 aromatic rings. The number of rotatable bonds is 16. The van der Waals surface area contributed by atoms with Gasteiger partial charge < -0.3 is 14.5 Å². The Morgan fingerprint density at radius 1 is 0.921 bits per heavy atom. The van der Waals surface area contributed by atoms with Gasteiger partial charge in [-0.2, -0.15) is 4.98 Å². The summed E-state index contributed by atoms with van der Waals surface area (Å²) >= 11 is 0. The highest BCUT2D eigenvalue weighted by Gasteiger charge is 2.19. The molecule has 0 saturated heterocycles. The van der Waals surface area contributed by atoms with Crippen molar-refractivity contribution >= 4 is 11.7 Å². The lowest BCUT2D eigenvalue weighted by molar-refractivity contribution is -0.135. The number of hydrogen-bond acceptors (Lipinski definition) is 5. The Morgan fingerprint density at radius 2 is 1.63 bits per heavy atom. The lowest BCUT2D eigenvalue weighted by Gasteiger charge is -2.29. The molecule has 0 fully saturated rings. The Morgan fingerprint density at radius 3 is 2.37 bits per heavy atom. The summed E-state index contributed by atoms with van der Waals surface area (Å²) in [4.78, 5) is 18.3. The number of carboxylic acids is 1. The van der Waals surface area contributed by atoms with Crippen molar-refractivity contribution in [2.24, 2.45) is 0 Å². The fourth-order valence-electron chi connectivity index (χ4n) is 5.49. The molecule has 1 aliphatic rings. The van der Waals surface area contributed by atoms with Crippen molar-refractivity contribution in [1.29, 1.82) is 0 Å². The van der Waals surface area contributed by atoms with E-state index in [1.54, 1.807) is 0 Å². The minimum absolute atomic E-state index is 0.0237. The van der Waals surface area contributed by atoms with Crippen LogP contribution in [0.2, 0.25) is 0 Å². The molecule has 0 unspecified atom stereocenters. The third-order valence-electron chi connectivity index (χ3n) is 7.58. The van der Waals surface area contributed by atoms with Crippen LogP contribution in [0.1, 0.15) is 100 Å². The Hall–Kier alpha value is -3.15. The van der Waals surface area contributed by atoms with Crippen LogP contribution in [0.5, 0.6) is 0 Å². The van der Waals surface area contributed by atoms with E-state index in [-0.39, 0.29) is 6.54 Å². The number of nitrogens with zero attached hydrogens (tertiary/aromatic N) is 3. The van der Waals surface area contributed by atoms with E-state index < -0.39 is 5.97 Å². The zero-order chi connectivity index (χ0) is 26.6. The molecule has 0 bridgehead atoms. The van der Waals surface area contributed by atoms with Gasteiger partial charge in [-0.05, 0) is 67.0 Å². The van der Waals surface area contributed by atoms with Crippen LogP contribution in [0.25, 0.3) is 11.5 Å². The van der Waals surface area contributed by atoms with E-state index in [2.05, 4.69) is 35.3 Å². The largest absolute Gasteiger partial charge is 0.480 e. The molecule has 0 spiro atoms. The number of carboxylic acid groups (broad SMARTS) is 1. The molecule has 0 radical (unpaired) electrons. The highest BCUT2D eigenvalue weighted by Crippen LogP contribution is 2.31. The number of aryl methyl sites for hydroxylation is 2. The number of aliphatic carboxylic acids is 1. The fraction of sp³-hybridized carbons (Fsp3) is 0.531. The first-order valence-electron chi connectivity index (χ1n) is 14.6. The molecule has 6 nitrogen and oxygen atoms in total. The van der Waals surface area contributed by atoms with Crippen LogP contribution in [0.4, 0.5) is 5.69 Å². The Kier molecular flexibility index (Phi) is 10.8. The summed E-state index contributed by atoms with van der Waals surface area (Å²) in [6, 6.07) is 14.3. The van der Waals surface area contributed by atoms with E-state index in [1.807, 2.05) is 29.2 Å². The smallest absolute Gasteiger partial charge is 0.323 e. The second kappa shape index (κ2) is 14.7. The number of aromatic nitrogens is 2. The van der Waals surface area contributed by atoms with Gasteiger partial charge in [0.1, 0.15) is 6.54 Å². The average molecular weight is 518 g/mol. The molecule has 0 amide bonds. The average Bonchev–Trinajstić information content (AvgIpc) is 3.40. The summed E-state index contributed by atoms with van der Waals surface area (Å²) in [5, 5.41) is 13.8. The van der Waals surface area contributed by atoms with Crippen LogP contribution in [0.15, 0.2) is 47.0 Å². The van der Waals surface area contributed by atoms with Crippen molar-refractivity contribution in [3.8, 4) is 11.5 Å². The fourth-order valence-corrected chi connectivity index (χ4v) is 5.49. The molecule has 1 heterocycles. The van der Waals surface area contributed by atoms with E-state index in [4.69, 9.17) is 4.52 Å². The van der Waals surface area contributed by atoms with Gasteiger partial charge in [0.05, 0.1) is 0 Å². The number of carbonyl (C=O) groups is 1. The summed E-state index contributed by atoms with van der Waals surface area (Å²) in [5.41, 5.74) is 5.65. The first-order valence-corrected chi connectivity index (χ1v) is 14.6. The highest BCUT2D eigenvalue weighted by molar-refractivity contribution is 5.75. The van der Waals surface area contributed by atoms with E-state index in [0.29, 0.717) is 12.4 Å². The van der Waals surface area contributed by atoms with E-state index in [0.717, 1.165) is 54.7 Å². The van der Waals surface area contributed by atoms with Crippen LogP contribution < -0.4 is 4.90 Å². The quantitative estimate of drug-likeness (QED) is 0.195. The predicted octanol–water partition coefficient (Wildman–Crippen LogP) is 7.78. The molecule has 1 aromatic heterocycles. The monoisotopic (exact) mass is 517 g/mol. The lowest BCUT2D eigenvalue weighted by Crippen LogP contribution is -2.30. The maximum atomic E-state index is 11.7. The normalized spacial score (nSPS) is 12.9. The van der Waals surface area contributed by atoms with Gasteiger partial charge in [-0.25, -0.2) is 0 Å². The van der Waals surface area contributed by atoms with Gasteiger partial charge in [-0.1, -0.05) is 87.7 Å². The third-order valence-corrected chi connectivity index (χ3v) is 7.58. The molecule has 4 rings (SSSR count).